The van der Waals surface area contributed by atoms with Crippen molar-refractivity contribution in [3.8, 4) is 0 Å². The minimum atomic E-state index is 0.488. The first-order chi connectivity index (χ1) is 12.7. The minimum Gasteiger partial charge on any atom is -0.399 e. The van der Waals surface area contributed by atoms with E-state index in [2.05, 4.69) is 30.8 Å². The molecule has 2 aromatic carbocycles. The molecule has 4 aromatic rings. The molecular weight excluding hydrogens is 326 g/mol. The molecule has 0 amide bonds. The Morgan fingerprint density at radius 3 is 2.65 bits per heavy atom. The highest BCUT2D eigenvalue weighted by Crippen LogP contribution is 2.25. The van der Waals surface area contributed by atoms with Crippen molar-refractivity contribution in [3.63, 3.8) is 0 Å². The average Bonchev–Trinajstić information content (AvgIpc) is 2.65. The molecule has 2 aromatic heterocycles. The van der Waals surface area contributed by atoms with Crippen LogP contribution in [0.1, 0.15) is 5.56 Å². The molecule has 0 radical (unpaired) electrons. The van der Waals surface area contributed by atoms with Gasteiger partial charge in [-0.25, -0.2) is 4.98 Å². The number of hydrogen-bond acceptors (Lipinski definition) is 7. The molecule has 0 fully saturated rings. The molecule has 128 valence electrons. The molecule has 0 atom stereocenters. The van der Waals surface area contributed by atoms with Crippen molar-refractivity contribution < 1.29 is 0 Å². The monoisotopic (exact) mass is 343 g/mol. The first-order valence-corrected chi connectivity index (χ1v) is 8.13. The lowest BCUT2D eigenvalue weighted by Gasteiger charge is -2.10. The fraction of sp³-hybridized carbons (Fsp3) is 0.0526. The summed E-state index contributed by atoms with van der Waals surface area (Å²) in [5.74, 6) is 1.15. The van der Waals surface area contributed by atoms with E-state index in [9.17, 15) is 0 Å². The maximum Gasteiger partial charge on any atom is 0.229 e. The Balaban J connectivity index is 1.61. The lowest BCUT2D eigenvalue weighted by atomic mass is 10.1. The SMILES string of the molecule is Cc1cccc2c(Nc3ccnc(Nc4ccc(N)cc4)n3)cnnc12. The third kappa shape index (κ3) is 3.23. The molecule has 0 saturated carbocycles. The maximum atomic E-state index is 5.71. The molecule has 0 unspecified atom stereocenters. The molecule has 0 bridgehead atoms. The molecule has 0 aliphatic carbocycles. The van der Waals surface area contributed by atoms with Crippen LogP contribution in [0.3, 0.4) is 0 Å². The molecule has 4 N–H and O–H groups in total. The summed E-state index contributed by atoms with van der Waals surface area (Å²) in [5, 5.41) is 15.7. The van der Waals surface area contributed by atoms with Crippen LogP contribution in [-0.4, -0.2) is 20.2 Å². The fourth-order valence-corrected chi connectivity index (χ4v) is 2.64. The van der Waals surface area contributed by atoms with Gasteiger partial charge < -0.3 is 16.4 Å². The Kier molecular flexibility index (Phi) is 4.03. The van der Waals surface area contributed by atoms with Crippen LogP contribution < -0.4 is 16.4 Å². The highest BCUT2D eigenvalue weighted by atomic mass is 15.2. The molecular formula is C19H17N7. The van der Waals surface area contributed by atoms with Gasteiger partial charge in [-0.15, -0.1) is 0 Å². The zero-order valence-corrected chi connectivity index (χ0v) is 14.1. The first-order valence-electron chi connectivity index (χ1n) is 8.13. The standard InChI is InChI=1S/C19H17N7/c1-12-3-2-4-15-16(11-22-26-18(12)15)24-17-9-10-21-19(25-17)23-14-7-5-13(20)6-8-14/h2-11H,20H2,1H3,(H2,21,23,24,25,26). The summed E-state index contributed by atoms with van der Waals surface area (Å²) in [6.07, 6.45) is 3.38. The van der Waals surface area contributed by atoms with Crippen LogP contribution in [0.5, 0.6) is 0 Å². The van der Waals surface area contributed by atoms with Crippen molar-refractivity contribution in [1.82, 2.24) is 20.2 Å². The van der Waals surface area contributed by atoms with Crippen LogP contribution in [0, 0.1) is 6.92 Å². The number of aryl methyl sites for hydroxylation is 1. The van der Waals surface area contributed by atoms with Crippen LogP contribution in [0.2, 0.25) is 0 Å². The molecule has 4 rings (SSSR count). The maximum absolute atomic E-state index is 5.71. The van der Waals surface area contributed by atoms with Gasteiger partial charge in [-0.3, -0.25) is 0 Å². The largest absolute Gasteiger partial charge is 0.399 e. The molecule has 0 aliphatic rings. The second kappa shape index (κ2) is 6.64. The molecule has 26 heavy (non-hydrogen) atoms. The van der Waals surface area contributed by atoms with Gasteiger partial charge in [0.15, 0.2) is 0 Å². The van der Waals surface area contributed by atoms with Gasteiger partial charge in [0.2, 0.25) is 5.95 Å². The Morgan fingerprint density at radius 2 is 1.81 bits per heavy atom. The summed E-state index contributed by atoms with van der Waals surface area (Å²) >= 11 is 0. The van der Waals surface area contributed by atoms with E-state index >= 15 is 0 Å². The van der Waals surface area contributed by atoms with E-state index in [1.165, 1.54) is 0 Å². The average molecular weight is 343 g/mol. The van der Waals surface area contributed by atoms with Crippen LogP contribution in [0.4, 0.5) is 28.8 Å². The van der Waals surface area contributed by atoms with Crippen LogP contribution in [0.15, 0.2) is 60.9 Å². The number of anilines is 5. The summed E-state index contributed by atoms with van der Waals surface area (Å²) in [4.78, 5) is 8.76. The van der Waals surface area contributed by atoms with Crippen molar-refractivity contribution in [2.24, 2.45) is 0 Å². The van der Waals surface area contributed by atoms with Gasteiger partial charge in [-0.2, -0.15) is 15.2 Å². The second-order valence-corrected chi connectivity index (χ2v) is 5.87. The van der Waals surface area contributed by atoms with E-state index in [-0.39, 0.29) is 0 Å². The van der Waals surface area contributed by atoms with Crippen molar-refractivity contribution in [1.29, 1.82) is 0 Å². The lowest BCUT2D eigenvalue weighted by molar-refractivity contribution is 1.07. The zero-order chi connectivity index (χ0) is 17.9. The lowest BCUT2D eigenvalue weighted by Crippen LogP contribution is -2.01. The van der Waals surface area contributed by atoms with Crippen LogP contribution in [-0.2, 0) is 0 Å². The number of nitrogens with zero attached hydrogens (tertiary/aromatic N) is 4. The molecule has 7 heteroatoms. The third-order valence-electron chi connectivity index (χ3n) is 3.96. The molecule has 0 aliphatic heterocycles. The van der Waals surface area contributed by atoms with E-state index < -0.39 is 0 Å². The minimum absolute atomic E-state index is 0.488. The molecule has 2 heterocycles. The zero-order valence-electron chi connectivity index (χ0n) is 14.1. The van der Waals surface area contributed by atoms with Gasteiger partial charge >= 0.3 is 0 Å². The van der Waals surface area contributed by atoms with Crippen molar-refractivity contribution in [3.05, 3.63) is 66.5 Å². The topological polar surface area (TPSA) is 102 Å². The number of aromatic nitrogens is 4. The van der Waals surface area contributed by atoms with Gasteiger partial charge in [0.1, 0.15) is 5.82 Å². The molecule has 0 spiro atoms. The van der Waals surface area contributed by atoms with Gasteiger partial charge in [0, 0.05) is 23.0 Å². The summed E-state index contributed by atoms with van der Waals surface area (Å²) in [7, 11) is 0. The molecule has 7 nitrogen and oxygen atoms in total. The van der Waals surface area contributed by atoms with Gasteiger partial charge in [0.05, 0.1) is 17.4 Å². The second-order valence-electron chi connectivity index (χ2n) is 5.87. The number of nitrogen functional groups attached to an aromatic ring is 1. The fourth-order valence-electron chi connectivity index (χ4n) is 2.64. The van der Waals surface area contributed by atoms with E-state index in [0.717, 1.165) is 27.8 Å². The van der Waals surface area contributed by atoms with E-state index in [4.69, 9.17) is 5.73 Å². The quantitative estimate of drug-likeness (QED) is 0.484. The van der Waals surface area contributed by atoms with E-state index in [0.29, 0.717) is 17.5 Å². The van der Waals surface area contributed by atoms with Crippen molar-refractivity contribution in [2.45, 2.75) is 6.92 Å². The van der Waals surface area contributed by atoms with Crippen LogP contribution >= 0.6 is 0 Å². The predicted octanol–water partition coefficient (Wildman–Crippen LogP) is 3.80. The summed E-state index contributed by atoms with van der Waals surface area (Å²) in [5.41, 5.74) is 10.1. The van der Waals surface area contributed by atoms with Gasteiger partial charge in [0.25, 0.3) is 0 Å². The Hall–Kier alpha value is -3.74. The highest BCUT2D eigenvalue weighted by molar-refractivity contribution is 5.93. The Bertz CT molecular complexity index is 1060. The van der Waals surface area contributed by atoms with E-state index in [1.807, 2.05) is 49.4 Å². The van der Waals surface area contributed by atoms with Gasteiger partial charge in [-0.05, 0) is 42.8 Å². The molecule has 0 saturated heterocycles. The first kappa shape index (κ1) is 15.8. The Labute approximate surface area is 150 Å². The number of fused-ring (bicyclic) bond motifs is 1. The number of nitrogens with two attached hydrogens (primary N) is 1. The summed E-state index contributed by atoms with van der Waals surface area (Å²) in [6.45, 7) is 2.01. The smallest absolute Gasteiger partial charge is 0.229 e. The number of hydrogen-bond donors (Lipinski definition) is 3. The number of nitrogens with one attached hydrogen (secondary N) is 2. The number of benzene rings is 2. The van der Waals surface area contributed by atoms with Gasteiger partial charge in [-0.1, -0.05) is 18.2 Å². The van der Waals surface area contributed by atoms with Crippen LogP contribution in [0.25, 0.3) is 10.9 Å². The number of rotatable bonds is 4. The summed E-state index contributed by atoms with van der Waals surface area (Å²) < 4.78 is 0. The highest BCUT2D eigenvalue weighted by Gasteiger charge is 2.07. The third-order valence-corrected chi connectivity index (χ3v) is 3.96. The van der Waals surface area contributed by atoms with Crippen molar-refractivity contribution >= 4 is 39.7 Å². The predicted molar refractivity (Wildman–Crippen MR) is 104 cm³/mol. The normalized spacial score (nSPS) is 10.7. The van der Waals surface area contributed by atoms with E-state index in [1.54, 1.807) is 18.5 Å². The summed E-state index contributed by atoms with van der Waals surface area (Å²) in [6, 6.07) is 15.2. The van der Waals surface area contributed by atoms with Crippen molar-refractivity contribution in [2.75, 3.05) is 16.4 Å². The Morgan fingerprint density at radius 1 is 0.962 bits per heavy atom.